The van der Waals surface area contributed by atoms with Gasteiger partial charge in [-0.2, -0.15) is 0 Å². The molecule has 0 aromatic heterocycles. The van der Waals surface area contributed by atoms with Gasteiger partial charge in [-0.15, -0.1) is 0 Å². The van der Waals surface area contributed by atoms with E-state index in [9.17, 15) is 10.1 Å². The standard InChI is InChI=1S/C14H21NO.C9H8ClNO2/c1-2-4-13-12(5-3-6-14(13)15)11-7-9-16-10-8-11;1-2-4-7-8(10)5-3-6-9(7)11(12)13/h3,5-6,11H,2,4,7-10,15H2,1H3;2-6H,1H3/b;4-2+. The predicted molar refractivity (Wildman–Crippen MR) is 120 cm³/mol. The van der Waals surface area contributed by atoms with E-state index in [1.807, 2.05) is 6.07 Å². The van der Waals surface area contributed by atoms with Crippen molar-refractivity contribution in [1.82, 2.24) is 0 Å². The van der Waals surface area contributed by atoms with Gasteiger partial charge in [0.1, 0.15) is 0 Å². The van der Waals surface area contributed by atoms with Crippen molar-refractivity contribution in [3.63, 3.8) is 0 Å². The number of nitro groups is 1. The SMILES string of the molecule is C/C=C/c1c(Cl)cccc1[N+](=O)[O-].CCCc1c(N)cccc1C1CCOCC1. The number of hydrogen-bond acceptors (Lipinski definition) is 4. The normalized spacial score (nSPS) is 14.4. The van der Waals surface area contributed by atoms with Gasteiger partial charge in [0.05, 0.1) is 15.5 Å². The lowest BCUT2D eigenvalue weighted by molar-refractivity contribution is -0.385. The molecule has 1 aliphatic heterocycles. The van der Waals surface area contributed by atoms with Gasteiger partial charge < -0.3 is 10.5 Å². The van der Waals surface area contributed by atoms with Crippen molar-refractivity contribution in [2.45, 2.75) is 45.4 Å². The largest absolute Gasteiger partial charge is 0.398 e. The molecule has 156 valence electrons. The van der Waals surface area contributed by atoms with Crippen molar-refractivity contribution >= 4 is 29.1 Å². The van der Waals surface area contributed by atoms with Gasteiger partial charge >= 0.3 is 0 Å². The second-order valence-corrected chi connectivity index (χ2v) is 7.39. The van der Waals surface area contributed by atoms with Crippen molar-refractivity contribution in [3.05, 3.63) is 74.3 Å². The Bertz CT molecular complexity index is 846. The molecule has 6 heteroatoms. The molecule has 0 atom stereocenters. The van der Waals surface area contributed by atoms with Gasteiger partial charge in [0, 0.05) is 25.0 Å². The lowest BCUT2D eigenvalue weighted by Crippen LogP contribution is -2.16. The van der Waals surface area contributed by atoms with Gasteiger partial charge in [-0.05, 0) is 55.4 Å². The van der Waals surface area contributed by atoms with E-state index >= 15 is 0 Å². The van der Waals surface area contributed by atoms with Crippen LogP contribution in [0.25, 0.3) is 6.08 Å². The molecule has 5 nitrogen and oxygen atoms in total. The summed E-state index contributed by atoms with van der Waals surface area (Å²) in [4.78, 5) is 10.1. The number of anilines is 1. The van der Waals surface area contributed by atoms with Crippen LogP contribution in [0.2, 0.25) is 5.02 Å². The molecule has 1 heterocycles. The Morgan fingerprint density at radius 1 is 1.24 bits per heavy atom. The Labute approximate surface area is 177 Å². The maximum absolute atomic E-state index is 10.6. The van der Waals surface area contributed by atoms with Crippen LogP contribution in [0.15, 0.2) is 42.5 Å². The quantitative estimate of drug-likeness (QED) is 0.347. The van der Waals surface area contributed by atoms with E-state index in [4.69, 9.17) is 22.1 Å². The third kappa shape index (κ3) is 6.31. The van der Waals surface area contributed by atoms with E-state index in [1.54, 1.807) is 31.2 Å². The highest BCUT2D eigenvalue weighted by Crippen LogP contribution is 2.32. The Hall–Kier alpha value is -2.37. The van der Waals surface area contributed by atoms with E-state index < -0.39 is 4.92 Å². The summed E-state index contributed by atoms with van der Waals surface area (Å²) >= 11 is 5.80. The van der Waals surface area contributed by atoms with Crippen LogP contribution in [0, 0.1) is 10.1 Å². The van der Waals surface area contributed by atoms with Crippen molar-refractivity contribution in [2.24, 2.45) is 0 Å². The smallest absolute Gasteiger partial charge is 0.278 e. The van der Waals surface area contributed by atoms with Crippen molar-refractivity contribution < 1.29 is 9.66 Å². The summed E-state index contributed by atoms with van der Waals surface area (Å²) in [7, 11) is 0. The molecule has 0 unspecified atom stereocenters. The summed E-state index contributed by atoms with van der Waals surface area (Å²) in [5, 5.41) is 11.0. The predicted octanol–water partition coefficient (Wildman–Crippen LogP) is 6.40. The Morgan fingerprint density at radius 3 is 2.55 bits per heavy atom. The first kappa shape index (κ1) is 22.9. The molecule has 0 spiro atoms. The highest BCUT2D eigenvalue weighted by molar-refractivity contribution is 6.32. The number of nitrogens with zero attached hydrogens (tertiary/aromatic N) is 1. The summed E-state index contributed by atoms with van der Waals surface area (Å²) in [6, 6.07) is 11.0. The molecule has 1 fully saturated rings. The molecule has 3 rings (SSSR count). The van der Waals surface area contributed by atoms with Crippen LogP contribution in [0.1, 0.15) is 55.7 Å². The maximum Gasteiger partial charge on any atom is 0.278 e. The number of nitrogen functional groups attached to an aromatic ring is 1. The number of nitrogens with two attached hydrogens (primary N) is 1. The minimum absolute atomic E-state index is 0.0330. The highest BCUT2D eigenvalue weighted by Gasteiger charge is 2.19. The van der Waals surface area contributed by atoms with Gasteiger partial charge in [0.2, 0.25) is 0 Å². The fraction of sp³-hybridized carbons (Fsp3) is 0.391. The second-order valence-electron chi connectivity index (χ2n) is 6.98. The molecular formula is C23H29ClN2O3. The molecule has 2 N–H and O–H groups in total. The lowest BCUT2D eigenvalue weighted by atomic mass is 9.86. The average Bonchev–Trinajstić information content (AvgIpc) is 2.72. The summed E-state index contributed by atoms with van der Waals surface area (Å²) in [6.07, 6.45) is 7.87. The zero-order valence-electron chi connectivity index (χ0n) is 17.1. The van der Waals surface area contributed by atoms with E-state index in [0.717, 1.165) is 44.6 Å². The first-order chi connectivity index (χ1) is 14.0. The zero-order chi connectivity index (χ0) is 21.2. The molecule has 1 saturated heterocycles. The molecule has 2 aromatic carbocycles. The summed E-state index contributed by atoms with van der Waals surface area (Å²) in [6.45, 7) is 5.78. The van der Waals surface area contributed by atoms with Gasteiger partial charge in [-0.1, -0.05) is 55.3 Å². The van der Waals surface area contributed by atoms with Gasteiger partial charge in [0.25, 0.3) is 5.69 Å². The number of nitro benzene ring substituents is 1. The third-order valence-corrected chi connectivity index (χ3v) is 5.30. The molecule has 2 aromatic rings. The Kier molecular flexibility index (Phi) is 9.16. The molecule has 0 amide bonds. The number of ether oxygens (including phenoxy) is 1. The van der Waals surface area contributed by atoms with E-state index in [0.29, 0.717) is 16.5 Å². The fourth-order valence-corrected chi connectivity index (χ4v) is 3.80. The van der Waals surface area contributed by atoms with Gasteiger partial charge in [-0.3, -0.25) is 10.1 Å². The van der Waals surface area contributed by atoms with Crippen LogP contribution in [0.3, 0.4) is 0 Å². The first-order valence-corrected chi connectivity index (χ1v) is 10.4. The van der Waals surface area contributed by atoms with Crippen LogP contribution in [-0.4, -0.2) is 18.1 Å². The number of benzene rings is 2. The van der Waals surface area contributed by atoms with Crippen LogP contribution in [0.5, 0.6) is 0 Å². The van der Waals surface area contributed by atoms with Crippen molar-refractivity contribution in [3.8, 4) is 0 Å². The molecule has 1 aliphatic rings. The molecule has 0 bridgehead atoms. The van der Waals surface area contributed by atoms with Gasteiger partial charge in [0.15, 0.2) is 0 Å². The molecule has 0 saturated carbocycles. The highest BCUT2D eigenvalue weighted by atomic mass is 35.5. The topological polar surface area (TPSA) is 78.4 Å². The van der Waals surface area contributed by atoms with Crippen molar-refractivity contribution in [2.75, 3.05) is 18.9 Å². The zero-order valence-corrected chi connectivity index (χ0v) is 17.8. The Morgan fingerprint density at radius 2 is 1.93 bits per heavy atom. The molecule has 29 heavy (non-hydrogen) atoms. The van der Waals surface area contributed by atoms with Crippen LogP contribution in [-0.2, 0) is 11.2 Å². The van der Waals surface area contributed by atoms with Crippen molar-refractivity contribution in [1.29, 1.82) is 0 Å². The third-order valence-electron chi connectivity index (χ3n) is 4.97. The molecular weight excluding hydrogens is 388 g/mol. The maximum atomic E-state index is 10.6. The number of allylic oxidation sites excluding steroid dienone is 1. The number of halogens is 1. The minimum Gasteiger partial charge on any atom is -0.398 e. The van der Waals surface area contributed by atoms with E-state index in [1.165, 1.54) is 17.2 Å². The number of hydrogen-bond donors (Lipinski definition) is 1. The average molecular weight is 417 g/mol. The molecule has 0 aliphatic carbocycles. The second kappa shape index (κ2) is 11.6. The minimum atomic E-state index is -0.443. The summed E-state index contributed by atoms with van der Waals surface area (Å²) in [5.74, 6) is 0.652. The van der Waals surface area contributed by atoms with E-state index in [2.05, 4.69) is 19.1 Å². The Balaban J connectivity index is 0.000000212. The van der Waals surface area contributed by atoms with E-state index in [-0.39, 0.29) is 5.69 Å². The fourth-order valence-electron chi connectivity index (χ4n) is 3.57. The summed E-state index contributed by atoms with van der Waals surface area (Å²) < 4.78 is 5.42. The monoisotopic (exact) mass is 416 g/mol. The first-order valence-electron chi connectivity index (χ1n) is 10.00. The lowest BCUT2D eigenvalue weighted by Gasteiger charge is -2.25. The van der Waals surface area contributed by atoms with Gasteiger partial charge in [-0.25, -0.2) is 0 Å². The molecule has 0 radical (unpaired) electrons. The summed E-state index contributed by atoms with van der Waals surface area (Å²) in [5.41, 5.74) is 10.4. The number of rotatable bonds is 5. The van der Waals surface area contributed by atoms with Crippen LogP contribution >= 0.6 is 11.6 Å². The van der Waals surface area contributed by atoms with Crippen LogP contribution < -0.4 is 5.73 Å². The van der Waals surface area contributed by atoms with Crippen LogP contribution in [0.4, 0.5) is 11.4 Å².